The van der Waals surface area contributed by atoms with Gasteiger partial charge in [0.15, 0.2) is 5.16 Å². The van der Waals surface area contributed by atoms with Crippen molar-refractivity contribution in [2.24, 2.45) is 5.92 Å². The Hall–Kier alpha value is -1.50. The van der Waals surface area contributed by atoms with Crippen molar-refractivity contribution in [3.05, 3.63) is 16.4 Å². The van der Waals surface area contributed by atoms with Gasteiger partial charge in [0.05, 0.1) is 11.8 Å². The lowest BCUT2D eigenvalue weighted by Crippen LogP contribution is -2.42. The van der Waals surface area contributed by atoms with Gasteiger partial charge in [0.2, 0.25) is 11.8 Å². The van der Waals surface area contributed by atoms with Crippen LogP contribution < -0.4 is 10.9 Å². The zero-order chi connectivity index (χ0) is 17.8. The van der Waals surface area contributed by atoms with Crippen LogP contribution in [0.1, 0.15) is 64.3 Å². The fourth-order valence-electron chi connectivity index (χ4n) is 3.97. The molecule has 2 saturated carbocycles. The molecule has 2 aliphatic carbocycles. The van der Waals surface area contributed by atoms with E-state index >= 15 is 0 Å². The van der Waals surface area contributed by atoms with Gasteiger partial charge in [0.25, 0.3) is 5.56 Å². The van der Waals surface area contributed by atoms with E-state index < -0.39 is 0 Å². The minimum atomic E-state index is -0.275. The Kier molecular flexibility index (Phi) is 6.04. The number of nitrogens with zero attached hydrogens (tertiary/aromatic N) is 2. The molecule has 2 aliphatic rings. The van der Waals surface area contributed by atoms with Crippen LogP contribution in [0.3, 0.4) is 0 Å². The van der Waals surface area contributed by atoms with Crippen LogP contribution in [0.5, 0.6) is 5.88 Å². The molecule has 25 heavy (non-hydrogen) atoms. The number of amides is 1. The zero-order valence-corrected chi connectivity index (χ0v) is 15.6. The summed E-state index contributed by atoms with van der Waals surface area (Å²) in [6.07, 6.45) is 8.70. The molecule has 138 valence electrons. The molecular formula is C18H27N3O3S. The molecule has 0 radical (unpaired) electrons. The number of rotatable bonds is 5. The summed E-state index contributed by atoms with van der Waals surface area (Å²) in [5.74, 6) is 0.423. The van der Waals surface area contributed by atoms with Gasteiger partial charge in [-0.25, -0.2) is 0 Å². The Bertz CT molecular complexity index is 670. The predicted molar refractivity (Wildman–Crippen MR) is 98.0 cm³/mol. The second-order valence-corrected chi connectivity index (χ2v) is 8.21. The van der Waals surface area contributed by atoms with Gasteiger partial charge >= 0.3 is 0 Å². The van der Waals surface area contributed by atoms with Crippen molar-refractivity contribution >= 4 is 17.7 Å². The molecule has 0 spiro atoms. The van der Waals surface area contributed by atoms with Crippen LogP contribution >= 0.6 is 11.8 Å². The lowest BCUT2D eigenvalue weighted by atomic mass is 9.86. The maximum absolute atomic E-state index is 12.3. The summed E-state index contributed by atoms with van der Waals surface area (Å²) in [4.78, 5) is 28.7. The quantitative estimate of drug-likeness (QED) is 0.619. The highest BCUT2D eigenvalue weighted by Crippen LogP contribution is 2.32. The molecule has 1 aromatic heterocycles. The first-order valence-electron chi connectivity index (χ1n) is 9.29. The smallest absolute Gasteiger partial charge is 0.258 e. The summed E-state index contributed by atoms with van der Waals surface area (Å²) in [5, 5.41) is 13.3. The zero-order valence-electron chi connectivity index (χ0n) is 14.7. The lowest BCUT2D eigenvalue weighted by Gasteiger charge is -2.29. The topological polar surface area (TPSA) is 84.2 Å². The minimum absolute atomic E-state index is 0.0284. The lowest BCUT2D eigenvalue weighted by molar-refractivity contribution is -0.119. The first kappa shape index (κ1) is 18.3. The first-order valence-corrected chi connectivity index (χ1v) is 10.3. The van der Waals surface area contributed by atoms with Crippen molar-refractivity contribution in [3.8, 4) is 5.88 Å². The largest absolute Gasteiger partial charge is 0.493 e. The van der Waals surface area contributed by atoms with Crippen molar-refractivity contribution in [1.82, 2.24) is 14.9 Å². The maximum Gasteiger partial charge on any atom is 0.258 e. The molecule has 1 amide bonds. The highest BCUT2D eigenvalue weighted by molar-refractivity contribution is 7.99. The van der Waals surface area contributed by atoms with E-state index in [1.165, 1.54) is 18.2 Å². The number of thioether (sulfide) groups is 1. The Morgan fingerprint density at radius 3 is 2.68 bits per heavy atom. The second kappa shape index (κ2) is 8.25. The Balaban J connectivity index is 1.65. The molecule has 3 rings (SSSR count). The average molecular weight is 365 g/mol. The van der Waals surface area contributed by atoms with E-state index in [1.54, 1.807) is 4.57 Å². The van der Waals surface area contributed by atoms with Crippen LogP contribution in [-0.2, 0) is 4.79 Å². The standard InChI is InChI=1S/C18H27N3O3S/c1-12-6-2-5-9-14(12)19-16(23)11-25-18-20-15(22)10-17(24)21(18)13-7-3-4-8-13/h10,12-14,22H,2-9,11H2,1H3,(H,19,23)/t12-,14-/m0/s1. The van der Waals surface area contributed by atoms with E-state index in [9.17, 15) is 14.7 Å². The van der Waals surface area contributed by atoms with Gasteiger partial charge < -0.3 is 10.4 Å². The molecule has 0 aliphatic heterocycles. The van der Waals surface area contributed by atoms with E-state index in [0.717, 1.165) is 51.0 Å². The van der Waals surface area contributed by atoms with Crippen LogP contribution in [0.25, 0.3) is 0 Å². The van der Waals surface area contributed by atoms with Crippen molar-refractivity contribution in [3.63, 3.8) is 0 Å². The molecule has 1 heterocycles. The van der Waals surface area contributed by atoms with Gasteiger partial charge in [-0.1, -0.05) is 44.4 Å². The molecule has 0 aromatic carbocycles. The van der Waals surface area contributed by atoms with E-state index in [2.05, 4.69) is 17.2 Å². The monoisotopic (exact) mass is 365 g/mol. The third-order valence-corrected chi connectivity index (χ3v) is 6.34. The van der Waals surface area contributed by atoms with Gasteiger partial charge in [-0.3, -0.25) is 14.2 Å². The first-order chi connectivity index (χ1) is 12.0. The van der Waals surface area contributed by atoms with Crippen LogP contribution in [0.2, 0.25) is 0 Å². The van der Waals surface area contributed by atoms with Gasteiger partial charge in [-0.05, 0) is 31.6 Å². The Morgan fingerprint density at radius 2 is 1.96 bits per heavy atom. The van der Waals surface area contributed by atoms with Gasteiger partial charge in [0.1, 0.15) is 0 Å². The van der Waals surface area contributed by atoms with Crippen LogP contribution in [0.15, 0.2) is 16.0 Å². The molecule has 2 fully saturated rings. The third-order valence-electron chi connectivity index (χ3n) is 5.39. The fourth-order valence-corrected chi connectivity index (χ4v) is 4.85. The van der Waals surface area contributed by atoms with Crippen LogP contribution in [-0.4, -0.2) is 32.4 Å². The number of hydrogen-bond acceptors (Lipinski definition) is 5. The molecular weight excluding hydrogens is 338 g/mol. The normalized spacial score (nSPS) is 24.4. The summed E-state index contributed by atoms with van der Waals surface area (Å²) >= 11 is 1.24. The molecule has 2 atom stereocenters. The van der Waals surface area contributed by atoms with Gasteiger partial charge in [0, 0.05) is 12.1 Å². The second-order valence-electron chi connectivity index (χ2n) is 7.27. The van der Waals surface area contributed by atoms with Gasteiger partial charge in [-0.2, -0.15) is 4.98 Å². The molecule has 2 N–H and O–H groups in total. The molecule has 0 unspecified atom stereocenters. The number of hydrogen-bond donors (Lipinski definition) is 2. The summed E-state index contributed by atoms with van der Waals surface area (Å²) in [6.45, 7) is 2.19. The maximum atomic E-state index is 12.3. The van der Waals surface area contributed by atoms with Crippen molar-refractivity contribution in [2.45, 2.75) is 75.5 Å². The summed E-state index contributed by atoms with van der Waals surface area (Å²) in [6, 6.07) is 1.53. The Morgan fingerprint density at radius 1 is 1.28 bits per heavy atom. The number of nitrogens with one attached hydrogen (secondary N) is 1. The minimum Gasteiger partial charge on any atom is -0.493 e. The van der Waals surface area contributed by atoms with E-state index in [4.69, 9.17) is 0 Å². The van der Waals surface area contributed by atoms with E-state index in [-0.39, 0.29) is 35.2 Å². The molecule has 7 heteroatoms. The molecule has 0 saturated heterocycles. The number of aromatic nitrogens is 2. The number of carbonyl (C=O) groups is 1. The Labute approximate surface area is 152 Å². The average Bonchev–Trinajstić information content (AvgIpc) is 3.08. The van der Waals surface area contributed by atoms with E-state index in [1.807, 2.05) is 0 Å². The van der Waals surface area contributed by atoms with Crippen molar-refractivity contribution < 1.29 is 9.90 Å². The molecule has 1 aromatic rings. The fraction of sp³-hybridized carbons (Fsp3) is 0.722. The third kappa shape index (κ3) is 4.57. The van der Waals surface area contributed by atoms with Crippen molar-refractivity contribution in [1.29, 1.82) is 0 Å². The highest BCUT2D eigenvalue weighted by Gasteiger charge is 2.25. The number of aromatic hydroxyl groups is 1. The number of carbonyl (C=O) groups excluding carboxylic acids is 1. The summed E-state index contributed by atoms with van der Waals surface area (Å²) in [5.41, 5.74) is -0.233. The van der Waals surface area contributed by atoms with E-state index in [0.29, 0.717) is 11.1 Å². The summed E-state index contributed by atoms with van der Waals surface area (Å²) < 4.78 is 1.66. The van der Waals surface area contributed by atoms with Crippen LogP contribution in [0.4, 0.5) is 0 Å². The summed E-state index contributed by atoms with van der Waals surface area (Å²) in [7, 11) is 0. The highest BCUT2D eigenvalue weighted by atomic mass is 32.2. The predicted octanol–water partition coefficient (Wildman–Crippen LogP) is 2.85. The van der Waals surface area contributed by atoms with Crippen molar-refractivity contribution in [2.75, 3.05) is 5.75 Å². The van der Waals surface area contributed by atoms with Gasteiger partial charge in [-0.15, -0.1) is 0 Å². The SMILES string of the molecule is C[C@H]1CCCC[C@@H]1NC(=O)CSc1nc(O)cc(=O)n1C1CCCC1. The van der Waals surface area contributed by atoms with Crippen LogP contribution in [0, 0.1) is 5.92 Å². The molecule has 6 nitrogen and oxygen atoms in total. The molecule has 0 bridgehead atoms.